The zero-order valence-electron chi connectivity index (χ0n) is 31.2. The van der Waals surface area contributed by atoms with Crippen LogP contribution in [-0.2, 0) is 10.8 Å². The van der Waals surface area contributed by atoms with Crippen LogP contribution < -0.4 is 0 Å². The highest BCUT2D eigenvalue weighted by Gasteiger charge is 2.41. The normalized spacial score (nSPS) is 14.6. The molecule has 0 bridgehead atoms. The fourth-order valence-electron chi connectivity index (χ4n) is 10.1. The fourth-order valence-corrected chi connectivity index (χ4v) is 10.1. The molecule has 0 amide bonds. The van der Waals surface area contributed by atoms with Crippen molar-refractivity contribution in [1.82, 2.24) is 0 Å². The summed E-state index contributed by atoms with van der Waals surface area (Å²) in [6.45, 7) is 9.59. The largest absolute Gasteiger partial charge is 0.0622 e. The second-order valence-electron chi connectivity index (χ2n) is 16.5. The Kier molecular flexibility index (Phi) is 6.46. The van der Waals surface area contributed by atoms with Gasteiger partial charge >= 0.3 is 0 Å². The first-order valence-electron chi connectivity index (χ1n) is 19.3. The lowest BCUT2D eigenvalue weighted by atomic mass is 9.77. The third-order valence-corrected chi connectivity index (χ3v) is 12.8. The molecular weight excluding hydrogens is 649 g/mol. The third kappa shape index (κ3) is 4.32. The number of benzene rings is 9. The Balaban J connectivity index is 1.11. The van der Waals surface area contributed by atoms with Crippen molar-refractivity contribution in [2.75, 3.05) is 0 Å². The van der Waals surface area contributed by atoms with Crippen LogP contribution in [0.1, 0.15) is 49.9 Å². The molecule has 0 heterocycles. The van der Waals surface area contributed by atoms with Gasteiger partial charge in [-0.05, 0) is 134 Å². The summed E-state index contributed by atoms with van der Waals surface area (Å²) in [5.74, 6) is 0. The highest BCUT2D eigenvalue weighted by molar-refractivity contribution is 6.22. The van der Waals surface area contributed by atoms with Crippen LogP contribution in [0.4, 0.5) is 0 Å². The van der Waals surface area contributed by atoms with Gasteiger partial charge in [-0.15, -0.1) is 0 Å². The van der Waals surface area contributed by atoms with Crippen LogP contribution in [0.3, 0.4) is 0 Å². The van der Waals surface area contributed by atoms with Gasteiger partial charge in [0.25, 0.3) is 0 Å². The molecule has 0 atom stereocenters. The van der Waals surface area contributed by atoms with Crippen LogP contribution in [0, 0.1) is 0 Å². The van der Waals surface area contributed by atoms with Crippen molar-refractivity contribution in [3.63, 3.8) is 0 Å². The molecule has 0 aliphatic heterocycles. The van der Waals surface area contributed by atoms with E-state index in [9.17, 15) is 0 Å². The smallest absolute Gasteiger partial charge is 0.0158 e. The number of fused-ring (bicyclic) bond motifs is 9. The highest BCUT2D eigenvalue weighted by Crippen LogP contribution is 2.57. The average Bonchev–Trinajstić information content (AvgIpc) is 3.57. The van der Waals surface area contributed by atoms with Gasteiger partial charge in [-0.1, -0.05) is 173 Å². The van der Waals surface area contributed by atoms with Gasteiger partial charge in [0.1, 0.15) is 0 Å². The predicted molar refractivity (Wildman–Crippen MR) is 230 cm³/mol. The Morgan fingerprint density at radius 2 is 0.722 bits per heavy atom. The van der Waals surface area contributed by atoms with Gasteiger partial charge in [0.05, 0.1) is 0 Å². The molecule has 0 fully saturated rings. The van der Waals surface area contributed by atoms with Crippen molar-refractivity contribution in [2.45, 2.75) is 38.5 Å². The van der Waals surface area contributed by atoms with Crippen molar-refractivity contribution in [2.24, 2.45) is 0 Å². The zero-order chi connectivity index (χ0) is 36.3. The fraction of sp³-hybridized carbons (Fsp3) is 0.111. The van der Waals surface area contributed by atoms with Gasteiger partial charge in [-0.3, -0.25) is 0 Å². The topological polar surface area (TPSA) is 0 Å². The molecule has 0 saturated heterocycles. The summed E-state index contributed by atoms with van der Waals surface area (Å²) in [5.41, 5.74) is 18.7. The number of hydrogen-bond donors (Lipinski definition) is 0. The van der Waals surface area contributed by atoms with Gasteiger partial charge in [0, 0.05) is 10.8 Å². The predicted octanol–water partition coefficient (Wildman–Crippen LogP) is 14.8. The summed E-state index contributed by atoms with van der Waals surface area (Å²) in [5, 5.41) is 7.64. The lowest BCUT2D eigenvalue weighted by Gasteiger charge is -2.26. The van der Waals surface area contributed by atoms with Crippen molar-refractivity contribution in [3.8, 4) is 55.6 Å². The third-order valence-electron chi connectivity index (χ3n) is 12.8. The highest BCUT2D eigenvalue weighted by atomic mass is 14.4. The van der Waals surface area contributed by atoms with E-state index in [-0.39, 0.29) is 10.8 Å². The molecule has 2 aliphatic carbocycles. The Morgan fingerprint density at radius 1 is 0.278 bits per heavy atom. The molecule has 256 valence electrons. The van der Waals surface area contributed by atoms with Gasteiger partial charge in [0.2, 0.25) is 0 Å². The van der Waals surface area contributed by atoms with Gasteiger partial charge in [-0.25, -0.2) is 0 Å². The molecule has 2 aliphatic rings. The number of rotatable bonds is 3. The average molecular weight is 689 g/mol. The molecule has 11 rings (SSSR count). The molecule has 9 aromatic rings. The SMILES string of the molecule is CC1(C)c2ccccc2-c2cc3c(cc21)C(C)(C)c1ccc(-c2c4ccccc4c(-c4ccc5cc(-c6ccccc6)ccc5c4)c4ccccc24)cc1-3. The molecule has 0 unspecified atom stereocenters. The van der Waals surface area contributed by atoms with Crippen molar-refractivity contribution in [1.29, 1.82) is 0 Å². The van der Waals surface area contributed by atoms with E-state index in [0.717, 1.165) is 0 Å². The maximum atomic E-state index is 2.54. The van der Waals surface area contributed by atoms with Crippen LogP contribution in [0.2, 0.25) is 0 Å². The molecule has 0 spiro atoms. The Bertz CT molecular complexity index is 2970. The molecular formula is C54H40. The van der Waals surface area contributed by atoms with Crippen LogP contribution in [0.15, 0.2) is 170 Å². The summed E-state index contributed by atoms with van der Waals surface area (Å²) in [6, 6.07) is 63.9. The molecule has 54 heavy (non-hydrogen) atoms. The first kappa shape index (κ1) is 31.3. The van der Waals surface area contributed by atoms with E-state index in [0.29, 0.717) is 0 Å². The summed E-state index contributed by atoms with van der Waals surface area (Å²) in [6.07, 6.45) is 0. The van der Waals surface area contributed by atoms with E-state index in [1.54, 1.807) is 0 Å². The minimum Gasteiger partial charge on any atom is -0.0622 e. The van der Waals surface area contributed by atoms with E-state index in [4.69, 9.17) is 0 Å². The molecule has 0 N–H and O–H groups in total. The van der Waals surface area contributed by atoms with E-state index < -0.39 is 0 Å². The van der Waals surface area contributed by atoms with Gasteiger partial charge in [-0.2, -0.15) is 0 Å². The molecule has 0 nitrogen and oxygen atoms in total. The second kappa shape index (κ2) is 11.1. The van der Waals surface area contributed by atoms with Gasteiger partial charge < -0.3 is 0 Å². The monoisotopic (exact) mass is 688 g/mol. The van der Waals surface area contributed by atoms with E-state index >= 15 is 0 Å². The summed E-state index contributed by atoms with van der Waals surface area (Å²) >= 11 is 0. The van der Waals surface area contributed by atoms with E-state index in [2.05, 4.69) is 198 Å². The van der Waals surface area contributed by atoms with Crippen LogP contribution >= 0.6 is 0 Å². The summed E-state index contributed by atoms with van der Waals surface area (Å²) < 4.78 is 0. The Labute approximate surface area is 317 Å². The van der Waals surface area contributed by atoms with Crippen molar-refractivity contribution >= 4 is 32.3 Å². The molecule has 9 aromatic carbocycles. The lowest BCUT2D eigenvalue weighted by molar-refractivity contribution is 0.639. The molecule has 0 aromatic heterocycles. The maximum absolute atomic E-state index is 2.54. The summed E-state index contributed by atoms with van der Waals surface area (Å²) in [4.78, 5) is 0. The van der Waals surface area contributed by atoms with Crippen molar-refractivity contribution in [3.05, 3.63) is 192 Å². The van der Waals surface area contributed by atoms with Crippen LogP contribution in [-0.4, -0.2) is 0 Å². The van der Waals surface area contributed by atoms with Gasteiger partial charge in [0.15, 0.2) is 0 Å². The summed E-state index contributed by atoms with van der Waals surface area (Å²) in [7, 11) is 0. The first-order chi connectivity index (χ1) is 26.3. The first-order valence-corrected chi connectivity index (χ1v) is 19.3. The Hall–Kier alpha value is -6.24. The second-order valence-corrected chi connectivity index (χ2v) is 16.5. The minimum atomic E-state index is -0.0883. The Morgan fingerprint density at radius 3 is 1.35 bits per heavy atom. The molecule has 0 heteroatoms. The maximum Gasteiger partial charge on any atom is 0.0158 e. The van der Waals surface area contributed by atoms with Crippen LogP contribution in [0.25, 0.3) is 88.0 Å². The van der Waals surface area contributed by atoms with Crippen LogP contribution in [0.5, 0.6) is 0 Å². The van der Waals surface area contributed by atoms with Crippen molar-refractivity contribution < 1.29 is 0 Å². The van der Waals surface area contributed by atoms with E-state index in [1.165, 1.54) is 110 Å². The number of hydrogen-bond acceptors (Lipinski definition) is 0. The standard InChI is InChI=1S/C54H40/c1-53(2)47-21-13-12-16-39(47)45-31-46-44-30-38(26-27-48(44)54(3,4)50(46)32-49(45)53)52-42-19-10-8-17-40(42)51(41-18-9-11-20-43(41)52)37-25-24-35-28-34(22-23-36(35)29-37)33-14-6-5-7-15-33/h5-32H,1-4H3. The zero-order valence-corrected chi connectivity index (χ0v) is 31.2. The molecule has 0 radical (unpaired) electrons. The minimum absolute atomic E-state index is 0.0211. The lowest BCUT2D eigenvalue weighted by Crippen LogP contribution is -2.18. The van der Waals surface area contributed by atoms with E-state index in [1.807, 2.05) is 0 Å². The quantitative estimate of drug-likeness (QED) is 0.162. The molecule has 0 saturated carbocycles.